The Labute approximate surface area is 115 Å². The second-order valence-electron chi connectivity index (χ2n) is 4.56. The summed E-state index contributed by atoms with van der Waals surface area (Å²) in [4.78, 5) is 0. The van der Waals surface area contributed by atoms with Gasteiger partial charge in [0, 0.05) is 11.8 Å². The minimum absolute atomic E-state index is 0.249. The molecular weight excluding hydrogens is 258 g/mol. The van der Waals surface area contributed by atoms with Crippen molar-refractivity contribution < 1.29 is 8.78 Å². The van der Waals surface area contributed by atoms with Crippen LogP contribution in [0.1, 0.15) is 5.56 Å². The molecule has 0 aliphatic heterocycles. The molecule has 0 amide bonds. The van der Waals surface area contributed by atoms with E-state index in [-0.39, 0.29) is 11.6 Å². The van der Waals surface area contributed by atoms with Crippen molar-refractivity contribution in [3.05, 3.63) is 78.1 Å². The molecule has 0 saturated heterocycles. The Hall–Kier alpha value is -2.49. The highest BCUT2D eigenvalue weighted by Gasteiger charge is 2.03. The standard InChI is InChI=1S/C16H12F2N2/c17-15-5-1-12(2-6-15)10-20-11-14(9-19-20)13-3-7-16(18)8-4-13/h1-9,11H,10H2. The lowest BCUT2D eigenvalue weighted by molar-refractivity contribution is 0.624. The number of aromatic nitrogens is 2. The predicted molar refractivity (Wildman–Crippen MR) is 73.1 cm³/mol. The van der Waals surface area contributed by atoms with E-state index in [4.69, 9.17) is 0 Å². The van der Waals surface area contributed by atoms with Gasteiger partial charge in [0.15, 0.2) is 0 Å². The van der Waals surface area contributed by atoms with Crippen molar-refractivity contribution in [2.45, 2.75) is 6.54 Å². The van der Waals surface area contributed by atoms with E-state index in [1.54, 1.807) is 35.1 Å². The van der Waals surface area contributed by atoms with Crippen LogP contribution in [0.15, 0.2) is 60.9 Å². The van der Waals surface area contributed by atoms with Gasteiger partial charge in [0.1, 0.15) is 11.6 Å². The van der Waals surface area contributed by atoms with Gasteiger partial charge in [-0.05, 0) is 35.4 Å². The summed E-state index contributed by atoms with van der Waals surface area (Å²) < 4.78 is 27.5. The van der Waals surface area contributed by atoms with Crippen LogP contribution in [0, 0.1) is 11.6 Å². The number of benzene rings is 2. The molecule has 0 aliphatic carbocycles. The van der Waals surface area contributed by atoms with E-state index in [1.807, 2.05) is 6.20 Å². The van der Waals surface area contributed by atoms with Crippen molar-refractivity contribution in [3.63, 3.8) is 0 Å². The average molecular weight is 270 g/mol. The summed E-state index contributed by atoms with van der Waals surface area (Å²) in [6.45, 7) is 0.571. The van der Waals surface area contributed by atoms with Crippen molar-refractivity contribution >= 4 is 0 Å². The maximum Gasteiger partial charge on any atom is 0.123 e. The minimum atomic E-state index is -0.257. The van der Waals surface area contributed by atoms with Crippen molar-refractivity contribution in [2.75, 3.05) is 0 Å². The molecule has 0 aliphatic rings. The first kappa shape index (κ1) is 12.5. The summed E-state index contributed by atoms with van der Waals surface area (Å²) in [6, 6.07) is 12.6. The number of halogens is 2. The quantitative estimate of drug-likeness (QED) is 0.706. The molecule has 0 bridgehead atoms. The zero-order valence-corrected chi connectivity index (χ0v) is 10.6. The molecule has 4 heteroatoms. The maximum absolute atomic E-state index is 12.9. The largest absolute Gasteiger partial charge is 0.268 e. The van der Waals surface area contributed by atoms with E-state index in [1.165, 1.54) is 24.3 Å². The second kappa shape index (κ2) is 5.25. The maximum atomic E-state index is 12.9. The van der Waals surface area contributed by atoms with E-state index in [0.717, 1.165) is 16.7 Å². The van der Waals surface area contributed by atoms with E-state index >= 15 is 0 Å². The molecule has 0 atom stereocenters. The van der Waals surface area contributed by atoms with Gasteiger partial charge < -0.3 is 0 Å². The molecule has 0 spiro atoms. The Morgan fingerprint density at radius 2 is 1.40 bits per heavy atom. The van der Waals surface area contributed by atoms with Gasteiger partial charge in [-0.25, -0.2) is 8.78 Å². The third-order valence-corrected chi connectivity index (χ3v) is 3.07. The average Bonchev–Trinajstić information content (AvgIpc) is 2.91. The van der Waals surface area contributed by atoms with Crippen LogP contribution in [0.5, 0.6) is 0 Å². The topological polar surface area (TPSA) is 17.8 Å². The Kier molecular flexibility index (Phi) is 3.29. The molecule has 0 radical (unpaired) electrons. The Morgan fingerprint density at radius 3 is 2.05 bits per heavy atom. The van der Waals surface area contributed by atoms with Crippen LogP contribution >= 0.6 is 0 Å². The molecule has 1 heterocycles. The van der Waals surface area contributed by atoms with Crippen molar-refractivity contribution in [1.82, 2.24) is 9.78 Å². The lowest BCUT2D eigenvalue weighted by Crippen LogP contribution is -1.99. The first-order valence-electron chi connectivity index (χ1n) is 6.23. The molecule has 0 unspecified atom stereocenters. The number of rotatable bonds is 3. The molecular formula is C16H12F2N2. The molecule has 3 aromatic rings. The Balaban J connectivity index is 1.80. The zero-order chi connectivity index (χ0) is 13.9. The summed E-state index contributed by atoms with van der Waals surface area (Å²) in [5.74, 6) is -0.506. The number of hydrogen-bond donors (Lipinski definition) is 0. The van der Waals surface area contributed by atoms with Crippen molar-refractivity contribution in [3.8, 4) is 11.1 Å². The molecule has 0 saturated carbocycles. The Morgan fingerprint density at radius 1 is 0.800 bits per heavy atom. The normalized spacial score (nSPS) is 10.7. The van der Waals surface area contributed by atoms with Gasteiger partial charge in [0.2, 0.25) is 0 Å². The van der Waals surface area contributed by atoms with Crippen LogP contribution in [-0.4, -0.2) is 9.78 Å². The Bertz CT molecular complexity index is 700. The lowest BCUT2D eigenvalue weighted by Gasteiger charge is -2.01. The fraction of sp³-hybridized carbons (Fsp3) is 0.0625. The molecule has 0 N–H and O–H groups in total. The highest BCUT2D eigenvalue weighted by Crippen LogP contribution is 2.19. The van der Waals surface area contributed by atoms with E-state index in [0.29, 0.717) is 6.54 Å². The van der Waals surface area contributed by atoms with Crippen molar-refractivity contribution in [2.24, 2.45) is 0 Å². The summed E-state index contributed by atoms with van der Waals surface area (Å²) in [5, 5.41) is 4.26. The zero-order valence-electron chi connectivity index (χ0n) is 10.6. The third kappa shape index (κ3) is 2.74. The van der Waals surface area contributed by atoms with E-state index in [2.05, 4.69) is 5.10 Å². The van der Waals surface area contributed by atoms with E-state index < -0.39 is 0 Å². The molecule has 0 fully saturated rings. The first-order valence-corrected chi connectivity index (χ1v) is 6.23. The van der Waals surface area contributed by atoms with Gasteiger partial charge in [0.25, 0.3) is 0 Å². The van der Waals surface area contributed by atoms with Gasteiger partial charge in [0.05, 0.1) is 12.7 Å². The molecule has 100 valence electrons. The fourth-order valence-corrected chi connectivity index (χ4v) is 2.02. The van der Waals surface area contributed by atoms with Gasteiger partial charge in [-0.3, -0.25) is 4.68 Å². The van der Waals surface area contributed by atoms with Gasteiger partial charge in [-0.1, -0.05) is 24.3 Å². The van der Waals surface area contributed by atoms with Crippen LogP contribution in [0.2, 0.25) is 0 Å². The summed E-state index contributed by atoms with van der Waals surface area (Å²) in [7, 11) is 0. The lowest BCUT2D eigenvalue weighted by atomic mass is 10.1. The number of nitrogens with zero attached hydrogens (tertiary/aromatic N) is 2. The van der Waals surface area contributed by atoms with Crippen molar-refractivity contribution in [1.29, 1.82) is 0 Å². The van der Waals surface area contributed by atoms with Gasteiger partial charge in [-0.15, -0.1) is 0 Å². The van der Waals surface area contributed by atoms with Crippen LogP contribution in [0.4, 0.5) is 8.78 Å². The molecule has 3 rings (SSSR count). The summed E-state index contributed by atoms with van der Waals surface area (Å²) >= 11 is 0. The highest BCUT2D eigenvalue weighted by molar-refractivity contribution is 5.61. The second-order valence-corrected chi connectivity index (χ2v) is 4.56. The van der Waals surface area contributed by atoms with Crippen LogP contribution in [0.25, 0.3) is 11.1 Å². The van der Waals surface area contributed by atoms with E-state index in [9.17, 15) is 8.78 Å². The van der Waals surface area contributed by atoms with Crippen LogP contribution < -0.4 is 0 Å². The highest BCUT2D eigenvalue weighted by atomic mass is 19.1. The smallest absolute Gasteiger partial charge is 0.123 e. The van der Waals surface area contributed by atoms with Crippen LogP contribution in [0.3, 0.4) is 0 Å². The molecule has 1 aromatic heterocycles. The predicted octanol–water partition coefficient (Wildman–Crippen LogP) is 3.88. The molecule has 2 nitrogen and oxygen atoms in total. The number of hydrogen-bond acceptors (Lipinski definition) is 1. The summed E-state index contributed by atoms with van der Waals surface area (Å²) in [5.41, 5.74) is 2.81. The fourth-order valence-electron chi connectivity index (χ4n) is 2.02. The minimum Gasteiger partial charge on any atom is -0.268 e. The van der Waals surface area contributed by atoms with Gasteiger partial charge >= 0.3 is 0 Å². The third-order valence-electron chi connectivity index (χ3n) is 3.07. The monoisotopic (exact) mass is 270 g/mol. The summed E-state index contributed by atoms with van der Waals surface area (Å²) in [6.07, 6.45) is 3.62. The first-order chi connectivity index (χ1) is 9.70. The molecule has 20 heavy (non-hydrogen) atoms. The molecule has 2 aromatic carbocycles. The SMILES string of the molecule is Fc1ccc(Cn2cc(-c3ccc(F)cc3)cn2)cc1. The van der Waals surface area contributed by atoms with Gasteiger partial charge in [-0.2, -0.15) is 5.10 Å². The van der Waals surface area contributed by atoms with Crippen LogP contribution in [-0.2, 0) is 6.54 Å².